The molecule has 0 saturated carbocycles. The van der Waals surface area contributed by atoms with Crippen molar-refractivity contribution in [1.82, 2.24) is 10.2 Å². The summed E-state index contributed by atoms with van der Waals surface area (Å²) in [6.45, 7) is 2.94. The molecule has 112 valence electrons. The van der Waals surface area contributed by atoms with Crippen LogP contribution in [0, 0.1) is 0 Å². The zero-order chi connectivity index (χ0) is 14.8. The van der Waals surface area contributed by atoms with Gasteiger partial charge in [-0.05, 0) is 25.3 Å². The standard InChI is InChI=1S/C16H21N3O2/c1-11(15(20)19-10-9-17-16(19)21)18-14-8-4-6-12-5-2-3-7-13(12)14/h2-3,5,7,11,14,18H,4,6,8-10H2,1H3,(H,17,21)/p+1/t11-,14-/m1/s1. The average molecular weight is 288 g/mol. The predicted octanol–water partition coefficient (Wildman–Crippen LogP) is 0.568. The van der Waals surface area contributed by atoms with E-state index in [-0.39, 0.29) is 18.0 Å². The number of carbonyl (C=O) groups is 2. The summed E-state index contributed by atoms with van der Waals surface area (Å²) < 4.78 is 0. The quantitative estimate of drug-likeness (QED) is 0.854. The SMILES string of the molecule is C[C@@H]([NH2+][C@@H]1CCCc2ccccc21)C(=O)N1CCNC1=O. The van der Waals surface area contributed by atoms with Crippen LogP contribution < -0.4 is 10.6 Å². The summed E-state index contributed by atoms with van der Waals surface area (Å²) >= 11 is 0. The van der Waals surface area contributed by atoms with Gasteiger partial charge in [-0.2, -0.15) is 0 Å². The van der Waals surface area contributed by atoms with E-state index in [2.05, 4.69) is 34.9 Å². The maximum Gasteiger partial charge on any atom is 0.324 e. The Hall–Kier alpha value is -1.88. The van der Waals surface area contributed by atoms with Gasteiger partial charge in [0.15, 0.2) is 6.04 Å². The van der Waals surface area contributed by atoms with Gasteiger partial charge in [0.25, 0.3) is 5.91 Å². The van der Waals surface area contributed by atoms with Crippen LogP contribution in [0.5, 0.6) is 0 Å². The molecular formula is C16H22N3O2+. The molecular weight excluding hydrogens is 266 g/mol. The maximum absolute atomic E-state index is 12.4. The van der Waals surface area contributed by atoms with Crippen LogP contribution in [-0.2, 0) is 11.2 Å². The van der Waals surface area contributed by atoms with Gasteiger partial charge in [-0.3, -0.25) is 9.69 Å². The summed E-state index contributed by atoms with van der Waals surface area (Å²) in [6, 6.07) is 8.30. The Balaban J connectivity index is 1.69. The highest BCUT2D eigenvalue weighted by atomic mass is 16.2. The van der Waals surface area contributed by atoms with Crippen molar-refractivity contribution >= 4 is 11.9 Å². The molecule has 5 nitrogen and oxygen atoms in total. The average Bonchev–Trinajstić information content (AvgIpc) is 2.93. The molecule has 1 aliphatic carbocycles. The van der Waals surface area contributed by atoms with Crippen LogP contribution in [0.15, 0.2) is 24.3 Å². The molecule has 3 N–H and O–H groups in total. The summed E-state index contributed by atoms with van der Waals surface area (Å²) in [7, 11) is 0. The number of aryl methyl sites for hydroxylation is 1. The number of carbonyl (C=O) groups excluding carboxylic acids is 2. The molecule has 1 saturated heterocycles. The fourth-order valence-electron chi connectivity index (χ4n) is 3.35. The topological polar surface area (TPSA) is 66.0 Å². The number of hydrogen-bond donors (Lipinski definition) is 2. The normalized spacial score (nSPS) is 22.6. The van der Waals surface area contributed by atoms with Crippen LogP contribution in [0.1, 0.15) is 36.9 Å². The number of fused-ring (bicyclic) bond motifs is 1. The van der Waals surface area contributed by atoms with Crippen molar-refractivity contribution in [2.24, 2.45) is 0 Å². The third-order valence-electron chi connectivity index (χ3n) is 4.45. The fraction of sp³-hybridized carbons (Fsp3) is 0.500. The van der Waals surface area contributed by atoms with Gasteiger partial charge >= 0.3 is 6.03 Å². The van der Waals surface area contributed by atoms with Gasteiger partial charge in [0.1, 0.15) is 6.04 Å². The third kappa shape index (κ3) is 2.78. The lowest BCUT2D eigenvalue weighted by atomic mass is 9.87. The highest BCUT2D eigenvalue weighted by Gasteiger charge is 2.34. The molecule has 1 fully saturated rings. The Morgan fingerprint density at radius 2 is 2.24 bits per heavy atom. The van der Waals surface area contributed by atoms with E-state index < -0.39 is 0 Å². The van der Waals surface area contributed by atoms with Crippen molar-refractivity contribution in [3.63, 3.8) is 0 Å². The number of nitrogens with zero attached hydrogens (tertiary/aromatic N) is 1. The number of quaternary nitrogens is 1. The number of amides is 3. The van der Waals surface area contributed by atoms with Gasteiger partial charge in [0.05, 0.1) is 0 Å². The smallest absolute Gasteiger partial charge is 0.324 e. The van der Waals surface area contributed by atoms with Crippen LogP contribution in [0.3, 0.4) is 0 Å². The largest absolute Gasteiger partial charge is 0.336 e. The van der Waals surface area contributed by atoms with E-state index in [0.29, 0.717) is 19.1 Å². The van der Waals surface area contributed by atoms with Gasteiger partial charge in [-0.1, -0.05) is 24.3 Å². The molecule has 0 radical (unpaired) electrons. The lowest BCUT2D eigenvalue weighted by molar-refractivity contribution is -0.715. The molecule has 3 amide bonds. The van der Waals surface area contributed by atoms with Gasteiger partial charge in [-0.15, -0.1) is 0 Å². The number of urea groups is 1. The number of benzene rings is 1. The van der Waals surface area contributed by atoms with Gasteiger partial charge in [-0.25, -0.2) is 4.79 Å². The molecule has 1 aliphatic heterocycles. The Morgan fingerprint density at radius 3 is 3.00 bits per heavy atom. The second-order valence-corrected chi connectivity index (χ2v) is 5.90. The first-order valence-corrected chi connectivity index (χ1v) is 7.69. The van der Waals surface area contributed by atoms with Gasteiger partial charge in [0.2, 0.25) is 0 Å². The van der Waals surface area contributed by atoms with Crippen LogP contribution >= 0.6 is 0 Å². The molecule has 0 bridgehead atoms. The second-order valence-electron chi connectivity index (χ2n) is 5.90. The number of nitrogens with two attached hydrogens (primary N) is 1. The molecule has 1 aromatic rings. The number of imide groups is 1. The minimum Gasteiger partial charge on any atom is -0.336 e. The minimum atomic E-state index is -0.260. The molecule has 5 heteroatoms. The van der Waals surface area contributed by atoms with Crippen molar-refractivity contribution in [3.05, 3.63) is 35.4 Å². The lowest BCUT2D eigenvalue weighted by Crippen LogP contribution is -2.93. The number of nitrogens with one attached hydrogen (secondary N) is 1. The summed E-state index contributed by atoms with van der Waals surface area (Å²) in [5, 5.41) is 4.79. The molecule has 21 heavy (non-hydrogen) atoms. The van der Waals surface area contributed by atoms with E-state index >= 15 is 0 Å². The van der Waals surface area contributed by atoms with Crippen LogP contribution in [0.2, 0.25) is 0 Å². The third-order valence-corrected chi connectivity index (χ3v) is 4.45. The second kappa shape index (κ2) is 5.85. The van der Waals surface area contributed by atoms with Crippen molar-refractivity contribution in [1.29, 1.82) is 0 Å². The summed E-state index contributed by atoms with van der Waals surface area (Å²) in [4.78, 5) is 25.3. The van der Waals surface area contributed by atoms with E-state index in [1.165, 1.54) is 16.0 Å². The predicted molar refractivity (Wildman–Crippen MR) is 78.6 cm³/mol. The molecule has 1 aromatic carbocycles. The van der Waals surface area contributed by atoms with E-state index in [0.717, 1.165) is 19.3 Å². The molecule has 1 heterocycles. The van der Waals surface area contributed by atoms with Crippen molar-refractivity contribution in [2.45, 2.75) is 38.3 Å². The zero-order valence-electron chi connectivity index (χ0n) is 12.3. The molecule has 3 rings (SSSR count). The first kappa shape index (κ1) is 14.1. The van der Waals surface area contributed by atoms with E-state index in [1.807, 2.05) is 6.92 Å². The molecule has 2 aliphatic rings. The number of hydrogen-bond acceptors (Lipinski definition) is 2. The monoisotopic (exact) mass is 288 g/mol. The van der Waals surface area contributed by atoms with Crippen LogP contribution in [0.4, 0.5) is 4.79 Å². The first-order valence-electron chi connectivity index (χ1n) is 7.69. The molecule has 0 unspecified atom stereocenters. The van der Waals surface area contributed by atoms with Crippen molar-refractivity contribution < 1.29 is 14.9 Å². The van der Waals surface area contributed by atoms with Crippen molar-refractivity contribution in [3.8, 4) is 0 Å². The fourth-order valence-corrected chi connectivity index (χ4v) is 3.35. The van der Waals surface area contributed by atoms with E-state index in [4.69, 9.17) is 0 Å². The Labute approximate surface area is 124 Å². The van der Waals surface area contributed by atoms with E-state index in [1.54, 1.807) is 0 Å². The lowest BCUT2D eigenvalue weighted by Gasteiger charge is -2.26. The summed E-state index contributed by atoms with van der Waals surface area (Å²) in [6.07, 6.45) is 3.36. The Bertz CT molecular complexity index is 558. The Kier molecular flexibility index (Phi) is 3.92. The van der Waals surface area contributed by atoms with Gasteiger partial charge in [0, 0.05) is 25.1 Å². The highest BCUT2D eigenvalue weighted by Crippen LogP contribution is 2.26. The Morgan fingerprint density at radius 1 is 1.43 bits per heavy atom. The first-order chi connectivity index (χ1) is 10.2. The van der Waals surface area contributed by atoms with Crippen LogP contribution in [0.25, 0.3) is 0 Å². The molecule has 2 atom stereocenters. The maximum atomic E-state index is 12.4. The summed E-state index contributed by atoms with van der Waals surface area (Å²) in [5.74, 6) is -0.0898. The van der Waals surface area contributed by atoms with Crippen molar-refractivity contribution in [2.75, 3.05) is 13.1 Å². The van der Waals surface area contributed by atoms with E-state index in [9.17, 15) is 9.59 Å². The van der Waals surface area contributed by atoms with Gasteiger partial charge < -0.3 is 10.6 Å². The highest BCUT2D eigenvalue weighted by molar-refractivity contribution is 5.97. The summed E-state index contributed by atoms with van der Waals surface area (Å²) in [5.41, 5.74) is 2.73. The van der Waals surface area contributed by atoms with Crippen LogP contribution in [-0.4, -0.2) is 36.0 Å². The molecule has 0 spiro atoms. The minimum absolute atomic E-state index is 0.0898. The zero-order valence-corrected chi connectivity index (χ0v) is 12.3. The number of rotatable bonds is 3. The molecule has 0 aromatic heterocycles.